The highest BCUT2D eigenvalue weighted by molar-refractivity contribution is 5.34. The summed E-state index contributed by atoms with van der Waals surface area (Å²) >= 11 is 0. The second kappa shape index (κ2) is 3.24. The lowest BCUT2D eigenvalue weighted by molar-refractivity contribution is 0.218. The summed E-state index contributed by atoms with van der Waals surface area (Å²) in [5.41, 5.74) is 3.56. The fraction of sp³-hybridized carbons (Fsp3) is 0.545. The zero-order valence-corrected chi connectivity index (χ0v) is 8.86. The van der Waals surface area contributed by atoms with Gasteiger partial charge in [0.05, 0.1) is 11.8 Å². The van der Waals surface area contributed by atoms with Gasteiger partial charge in [0.15, 0.2) is 0 Å². The Morgan fingerprint density at radius 3 is 2.57 bits per heavy atom. The van der Waals surface area contributed by atoms with Crippen LogP contribution >= 0.6 is 0 Å². The number of nitrogens with zero attached hydrogens (tertiary/aromatic N) is 2. The van der Waals surface area contributed by atoms with Crippen LogP contribution in [0.4, 0.5) is 0 Å². The highest BCUT2D eigenvalue weighted by atomic mass is 16.3. The van der Waals surface area contributed by atoms with Crippen molar-refractivity contribution in [2.24, 2.45) is 7.05 Å². The molecule has 1 heterocycles. The van der Waals surface area contributed by atoms with Gasteiger partial charge in [0.2, 0.25) is 0 Å². The normalized spacial score (nSPS) is 26.0. The number of rotatable bonds is 1. The first-order valence-corrected chi connectivity index (χ1v) is 4.96. The lowest BCUT2D eigenvalue weighted by Crippen LogP contribution is -2.03. The average molecular weight is 192 g/mol. The van der Waals surface area contributed by atoms with E-state index >= 15 is 0 Å². The van der Waals surface area contributed by atoms with E-state index in [-0.39, 0.29) is 6.10 Å². The molecule has 0 aromatic carbocycles. The molecule has 1 aliphatic carbocycles. The number of allylic oxidation sites excluding steroid dienone is 1. The van der Waals surface area contributed by atoms with Gasteiger partial charge in [-0.25, -0.2) is 0 Å². The summed E-state index contributed by atoms with van der Waals surface area (Å²) in [4.78, 5) is 0. The minimum absolute atomic E-state index is 0.279. The van der Waals surface area contributed by atoms with E-state index in [2.05, 4.69) is 18.1 Å². The number of hydrogen-bond donors (Lipinski definition) is 1. The first kappa shape index (κ1) is 9.46. The smallest absolute Gasteiger partial charge is 0.0730 e. The molecule has 14 heavy (non-hydrogen) atoms. The SMILES string of the molecule is Cc1nn(C)c(C)c1[C@H]1C=C[C@@H](O)C1. The third-order valence-corrected chi connectivity index (χ3v) is 3.00. The zero-order valence-electron chi connectivity index (χ0n) is 8.86. The van der Waals surface area contributed by atoms with Gasteiger partial charge >= 0.3 is 0 Å². The van der Waals surface area contributed by atoms with E-state index in [4.69, 9.17) is 0 Å². The van der Waals surface area contributed by atoms with Crippen molar-refractivity contribution < 1.29 is 5.11 Å². The molecule has 2 atom stereocenters. The van der Waals surface area contributed by atoms with Crippen molar-refractivity contribution >= 4 is 0 Å². The maximum Gasteiger partial charge on any atom is 0.0730 e. The molecule has 0 saturated heterocycles. The van der Waals surface area contributed by atoms with Crippen LogP contribution in [-0.2, 0) is 7.05 Å². The number of aromatic nitrogens is 2. The molecule has 76 valence electrons. The number of aliphatic hydroxyl groups is 1. The molecule has 0 aliphatic heterocycles. The van der Waals surface area contributed by atoms with Crippen LogP contribution in [0.1, 0.15) is 29.3 Å². The summed E-state index contributed by atoms with van der Waals surface area (Å²) in [6.07, 6.45) is 4.48. The summed E-state index contributed by atoms with van der Waals surface area (Å²) in [5.74, 6) is 0.346. The van der Waals surface area contributed by atoms with Crippen LogP contribution in [0, 0.1) is 13.8 Å². The summed E-state index contributed by atoms with van der Waals surface area (Å²) < 4.78 is 1.91. The van der Waals surface area contributed by atoms with Gasteiger partial charge in [-0.15, -0.1) is 0 Å². The molecule has 1 N–H and O–H groups in total. The molecular weight excluding hydrogens is 176 g/mol. The van der Waals surface area contributed by atoms with Crippen molar-refractivity contribution in [2.45, 2.75) is 32.3 Å². The van der Waals surface area contributed by atoms with Crippen LogP contribution < -0.4 is 0 Å². The molecule has 1 aromatic heterocycles. The molecule has 3 heteroatoms. The number of hydrogen-bond acceptors (Lipinski definition) is 2. The molecule has 1 aromatic rings. The highest BCUT2D eigenvalue weighted by Gasteiger charge is 2.23. The predicted octanol–water partition coefficient (Wildman–Crippen LogP) is 1.44. The Morgan fingerprint density at radius 1 is 1.43 bits per heavy atom. The van der Waals surface area contributed by atoms with Crippen molar-refractivity contribution in [3.8, 4) is 0 Å². The Kier molecular flexibility index (Phi) is 2.19. The summed E-state index contributed by atoms with van der Waals surface area (Å²) in [5, 5.41) is 13.8. The fourth-order valence-corrected chi connectivity index (χ4v) is 2.22. The molecule has 3 nitrogen and oxygen atoms in total. The molecule has 0 fully saturated rings. The van der Waals surface area contributed by atoms with E-state index in [1.807, 2.05) is 24.7 Å². The van der Waals surface area contributed by atoms with Crippen molar-refractivity contribution in [1.82, 2.24) is 9.78 Å². The van der Waals surface area contributed by atoms with Gasteiger partial charge in [-0.2, -0.15) is 5.10 Å². The van der Waals surface area contributed by atoms with Gasteiger partial charge < -0.3 is 5.11 Å². The van der Waals surface area contributed by atoms with Crippen LogP contribution in [0.25, 0.3) is 0 Å². The summed E-state index contributed by atoms with van der Waals surface area (Å²) in [7, 11) is 1.96. The van der Waals surface area contributed by atoms with Crippen molar-refractivity contribution in [3.05, 3.63) is 29.1 Å². The maximum atomic E-state index is 9.44. The maximum absolute atomic E-state index is 9.44. The Morgan fingerprint density at radius 2 is 2.14 bits per heavy atom. The highest BCUT2D eigenvalue weighted by Crippen LogP contribution is 2.32. The Hall–Kier alpha value is -1.09. The van der Waals surface area contributed by atoms with Gasteiger partial charge in [0.1, 0.15) is 0 Å². The van der Waals surface area contributed by atoms with Crippen molar-refractivity contribution in [3.63, 3.8) is 0 Å². The third kappa shape index (κ3) is 1.38. The Bertz CT molecular complexity index is 379. The summed E-state index contributed by atoms with van der Waals surface area (Å²) in [6.45, 7) is 4.11. The lowest BCUT2D eigenvalue weighted by atomic mass is 9.96. The molecule has 0 unspecified atom stereocenters. The Balaban J connectivity index is 2.37. The minimum atomic E-state index is -0.279. The van der Waals surface area contributed by atoms with Crippen molar-refractivity contribution in [2.75, 3.05) is 0 Å². The summed E-state index contributed by atoms with van der Waals surface area (Å²) in [6, 6.07) is 0. The van der Waals surface area contributed by atoms with Crippen LogP contribution in [0.5, 0.6) is 0 Å². The second-order valence-corrected chi connectivity index (χ2v) is 4.00. The molecule has 0 saturated carbocycles. The predicted molar refractivity (Wildman–Crippen MR) is 55.2 cm³/mol. The van der Waals surface area contributed by atoms with Gasteiger partial charge in [-0.1, -0.05) is 12.2 Å². The van der Waals surface area contributed by atoms with Gasteiger partial charge in [0, 0.05) is 24.2 Å². The van der Waals surface area contributed by atoms with E-state index in [9.17, 15) is 5.11 Å². The van der Waals surface area contributed by atoms with Gasteiger partial charge in [-0.3, -0.25) is 4.68 Å². The molecule has 2 rings (SSSR count). The molecule has 0 radical (unpaired) electrons. The van der Waals surface area contributed by atoms with Crippen LogP contribution in [0.15, 0.2) is 12.2 Å². The van der Waals surface area contributed by atoms with E-state index in [1.165, 1.54) is 11.3 Å². The van der Waals surface area contributed by atoms with E-state index in [0.717, 1.165) is 12.1 Å². The lowest BCUT2D eigenvalue weighted by Gasteiger charge is -2.09. The first-order valence-electron chi connectivity index (χ1n) is 4.96. The van der Waals surface area contributed by atoms with Crippen molar-refractivity contribution in [1.29, 1.82) is 0 Å². The quantitative estimate of drug-likeness (QED) is 0.684. The third-order valence-electron chi connectivity index (χ3n) is 3.00. The second-order valence-electron chi connectivity index (χ2n) is 4.00. The fourth-order valence-electron chi connectivity index (χ4n) is 2.22. The molecular formula is C11H16N2O. The minimum Gasteiger partial charge on any atom is -0.389 e. The van der Waals surface area contributed by atoms with Gasteiger partial charge in [0.25, 0.3) is 0 Å². The van der Waals surface area contributed by atoms with Crippen LogP contribution in [0.3, 0.4) is 0 Å². The topological polar surface area (TPSA) is 38.0 Å². The average Bonchev–Trinajstić information content (AvgIpc) is 2.60. The molecule has 0 spiro atoms. The molecule has 1 aliphatic rings. The molecule has 0 bridgehead atoms. The molecule has 0 amide bonds. The largest absolute Gasteiger partial charge is 0.389 e. The standard InChI is InChI=1S/C11H16N2O/c1-7-11(8(2)13(3)12-7)9-4-5-10(14)6-9/h4-5,9-10,14H,6H2,1-3H3/t9-,10+/m0/s1. The van der Waals surface area contributed by atoms with Crippen LogP contribution in [0.2, 0.25) is 0 Å². The van der Waals surface area contributed by atoms with Gasteiger partial charge in [-0.05, 0) is 20.3 Å². The number of aliphatic hydroxyl groups excluding tert-OH is 1. The van der Waals surface area contributed by atoms with E-state index < -0.39 is 0 Å². The number of aryl methyl sites for hydroxylation is 2. The van der Waals surface area contributed by atoms with Crippen LogP contribution in [-0.4, -0.2) is 21.0 Å². The monoisotopic (exact) mass is 192 g/mol. The van der Waals surface area contributed by atoms with E-state index in [0.29, 0.717) is 5.92 Å². The first-order chi connectivity index (χ1) is 6.59. The van der Waals surface area contributed by atoms with E-state index in [1.54, 1.807) is 0 Å². The Labute approximate surface area is 84.1 Å². The zero-order chi connectivity index (χ0) is 10.3.